The van der Waals surface area contributed by atoms with Crippen LogP contribution in [0.5, 0.6) is 0 Å². The van der Waals surface area contributed by atoms with Crippen molar-refractivity contribution in [3.05, 3.63) is 30.1 Å². The Morgan fingerprint density at radius 1 is 1.39 bits per heavy atom. The van der Waals surface area contributed by atoms with Crippen molar-refractivity contribution in [1.82, 2.24) is 15.3 Å². The maximum absolute atomic E-state index is 12.2. The Morgan fingerprint density at radius 2 is 2.17 bits per heavy atom. The summed E-state index contributed by atoms with van der Waals surface area (Å²) in [6, 6.07) is 3.72. The molecule has 2 aromatic heterocycles. The summed E-state index contributed by atoms with van der Waals surface area (Å²) in [5.74, 6) is -1.07. The van der Waals surface area contributed by atoms with Gasteiger partial charge in [-0.3, -0.25) is 9.59 Å². The normalized spacial score (nSPS) is 17.0. The minimum atomic E-state index is -0.921. The minimum Gasteiger partial charge on any atom is -0.481 e. The van der Waals surface area contributed by atoms with Crippen LogP contribution in [0.15, 0.2) is 24.5 Å². The maximum atomic E-state index is 12.2. The fourth-order valence-corrected chi connectivity index (χ4v) is 2.89. The number of aliphatic carboxylic acids is 1. The Bertz CT molecular complexity index is 719. The molecule has 0 unspecified atom stereocenters. The molecular weight excluding hydrogens is 298 g/mol. The van der Waals surface area contributed by atoms with Crippen molar-refractivity contribution in [3.8, 4) is 0 Å². The highest BCUT2D eigenvalue weighted by Gasteiger charge is 2.40. The summed E-state index contributed by atoms with van der Waals surface area (Å²) in [4.78, 5) is 31.0. The summed E-state index contributed by atoms with van der Waals surface area (Å²) in [5, 5.41) is 13.2. The molecule has 0 spiro atoms. The summed E-state index contributed by atoms with van der Waals surface area (Å²) >= 11 is 0. The van der Waals surface area contributed by atoms with Crippen LogP contribution >= 0.6 is 0 Å². The monoisotopic (exact) mass is 317 g/mol. The first-order chi connectivity index (χ1) is 11.1. The summed E-state index contributed by atoms with van der Waals surface area (Å²) in [6.07, 6.45) is 4.47. The first-order valence-electron chi connectivity index (χ1n) is 7.60. The molecule has 7 heteroatoms. The number of aromatic amines is 1. The molecule has 3 rings (SSSR count). The van der Waals surface area contributed by atoms with Gasteiger partial charge in [-0.25, -0.2) is 4.98 Å². The van der Waals surface area contributed by atoms with E-state index in [1.807, 2.05) is 12.1 Å². The lowest BCUT2D eigenvalue weighted by Gasteiger charge is -2.33. The van der Waals surface area contributed by atoms with Gasteiger partial charge in [0.1, 0.15) is 5.65 Å². The van der Waals surface area contributed by atoms with Crippen LogP contribution < -0.4 is 5.32 Å². The number of hydrogen-bond donors (Lipinski definition) is 3. The topological polar surface area (TPSA) is 104 Å². The van der Waals surface area contributed by atoms with Gasteiger partial charge in [-0.15, -0.1) is 0 Å². The zero-order valence-corrected chi connectivity index (χ0v) is 12.7. The number of pyridine rings is 1. The van der Waals surface area contributed by atoms with Crippen molar-refractivity contribution in [1.29, 1.82) is 0 Å². The quantitative estimate of drug-likeness (QED) is 0.766. The maximum Gasteiger partial charge on any atom is 0.311 e. The lowest BCUT2D eigenvalue weighted by atomic mass is 9.80. The van der Waals surface area contributed by atoms with E-state index < -0.39 is 11.4 Å². The molecule has 1 aliphatic rings. The molecule has 23 heavy (non-hydrogen) atoms. The number of fused-ring (bicyclic) bond motifs is 1. The Kier molecular flexibility index (Phi) is 4.29. The van der Waals surface area contributed by atoms with E-state index in [2.05, 4.69) is 15.3 Å². The van der Waals surface area contributed by atoms with Crippen LogP contribution in [0.2, 0.25) is 0 Å². The van der Waals surface area contributed by atoms with Gasteiger partial charge in [0.25, 0.3) is 0 Å². The van der Waals surface area contributed by atoms with Crippen molar-refractivity contribution in [2.24, 2.45) is 5.41 Å². The zero-order chi connectivity index (χ0) is 16.3. The molecule has 0 saturated carbocycles. The second-order valence-corrected chi connectivity index (χ2v) is 5.86. The van der Waals surface area contributed by atoms with E-state index in [1.54, 1.807) is 12.4 Å². The molecule has 122 valence electrons. The van der Waals surface area contributed by atoms with Gasteiger partial charge < -0.3 is 20.1 Å². The molecule has 0 bridgehead atoms. The van der Waals surface area contributed by atoms with Crippen molar-refractivity contribution < 1.29 is 19.4 Å². The van der Waals surface area contributed by atoms with Crippen molar-refractivity contribution >= 4 is 22.9 Å². The molecule has 3 heterocycles. The van der Waals surface area contributed by atoms with Gasteiger partial charge in [0.2, 0.25) is 5.91 Å². The van der Waals surface area contributed by atoms with E-state index in [9.17, 15) is 14.7 Å². The Balaban J connectivity index is 1.64. The smallest absolute Gasteiger partial charge is 0.311 e. The number of carbonyl (C=O) groups excluding carboxylic acids is 1. The number of ether oxygens (including phenoxy) is 1. The molecule has 0 aromatic carbocycles. The van der Waals surface area contributed by atoms with Crippen molar-refractivity contribution in [2.75, 3.05) is 19.8 Å². The van der Waals surface area contributed by atoms with Crippen LogP contribution in [0.25, 0.3) is 11.0 Å². The number of nitrogens with one attached hydrogen (secondary N) is 2. The molecule has 0 aliphatic carbocycles. The van der Waals surface area contributed by atoms with Gasteiger partial charge in [-0.2, -0.15) is 0 Å². The number of aromatic nitrogens is 2. The number of nitrogens with zero attached hydrogens (tertiary/aromatic N) is 1. The van der Waals surface area contributed by atoms with E-state index in [0.717, 1.165) is 16.6 Å². The zero-order valence-electron chi connectivity index (χ0n) is 12.7. The fraction of sp³-hybridized carbons (Fsp3) is 0.438. The summed E-state index contributed by atoms with van der Waals surface area (Å²) in [5.41, 5.74) is 0.666. The SMILES string of the molecule is O=C(Cc1c[nH]c2ncccc12)NCC1(C(=O)O)CCOCC1. The highest BCUT2D eigenvalue weighted by atomic mass is 16.5. The molecule has 1 fully saturated rings. The highest BCUT2D eigenvalue weighted by molar-refractivity contribution is 5.87. The Hall–Kier alpha value is -2.41. The number of amides is 1. The lowest BCUT2D eigenvalue weighted by Crippen LogP contribution is -2.46. The third-order valence-electron chi connectivity index (χ3n) is 4.42. The van der Waals surface area contributed by atoms with Gasteiger partial charge in [-0.1, -0.05) is 0 Å². The molecule has 3 N–H and O–H groups in total. The number of hydrogen-bond acceptors (Lipinski definition) is 4. The second-order valence-electron chi connectivity index (χ2n) is 5.86. The summed E-state index contributed by atoms with van der Waals surface area (Å²) in [6.45, 7) is 0.956. The van der Waals surface area contributed by atoms with E-state index in [4.69, 9.17) is 4.74 Å². The fourth-order valence-electron chi connectivity index (χ4n) is 2.89. The van der Waals surface area contributed by atoms with Crippen LogP contribution in [-0.4, -0.2) is 46.7 Å². The van der Waals surface area contributed by atoms with Gasteiger partial charge in [0.15, 0.2) is 0 Å². The number of carboxylic acids is 1. The molecular formula is C16H19N3O4. The standard InChI is InChI=1S/C16H19N3O4/c20-13(8-11-9-18-14-12(11)2-1-5-17-14)19-10-16(15(21)22)3-6-23-7-4-16/h1-2,5,9H,3-4,6-8,10H2,(H,17,18)(H,19,20)(H,21,22). The van der Waals surface area contributed by atoms with Gasteiger partial charge >= 0.3 is 5.97 Å². The third-order valence-corrected chi connectivity index (χ3v) is 4.42. The first kappa shape index (κ1) is 15.5. The largest absolute Gasteiger partial charge is 0.481 e. The lowest BCUT2D eigenvalue weighted by molar-refractivity contribution is -0.154. The van der Waals surface area contributed by atoms with Crippen LogP contribution in [0.4, 0.5) is 0 Å². The van der Waals surface area contributed by atoms with Crippen molar-refractivity contribution in [3.63, 3.8) is 0 Å². The van der Waals surface area contributed by atoms with E-state index in [-0.39, 0.29) is 18.9 Å². The number of carboxylic acid groups (broad SMARTS) is 1. The highest BCUT2D eigenvalue weighted by Crippen LogP contribution is 2.30. The number of H-pyrrole nitrogens is 1. The second kappa shape index (κ2) is 6.37. The first-order valence-corrected chi connectivity index (χ1v) is 7.60. The Morgan fingerprint density at radius 3 is 2.91 bits per heavy atom. The summed E-state index contributed by atoms with van der Waals surface area (Å²) < 4.78 is 5.23. The molecule has 7 nitrogen and oxygen atoms in total. The average Bonchev–Trinajstić information content (AvgIpc) is 2.97. The predicted molar refractivity (Wildman–Crippen MR) is 82.9 cm³/mol. The van der Waals surface area contributed by atoms with Crippen LogP contribution in [-0.2, 0) is 20.7 Å². The van der Waals surface area contributed by atoms with E-state index in [0.29, 0.717) is 26.1 Å². The van der Waals surface area contributed by atoms with Gasteiger partial charge in [-0.05, 0) is 30.5 Å². The van der Waals surface area contributed by atoms with Crippen LogP contribution in [0.3, 0.4) is 0 Å². The molecule has 2 aromatic rings. The average molecular weight is 317 g/mol. The van der Waals surface area contributed by atoms with Crippen molar-refractivity contribution in [2.45, 2.75) is 19.3 Å². The molecule has 1 aliphatic heterocycles. The predicted octanol–water partition coefficient (Wildman–Crippen LogP) is 1.10. The van der Waals surface area contributed by atoms with Crippen LogP contribution in [0.1, 0.15) is 18.4 Å². The van der Waals surface area contributed by atoms with Crippen LogP contribution in [0, 0.1) is 5.41 Å². The van der Waals surface area contributed by atoms with Gasteiger partial charge in [0, 0.05) is 37.5 Å². The summed E-state index contributed by atoms with van der Waals surface area (Å²) in [7, 11) is 0. The number of carbonyl (C=O) groups is 2. The molecule has 0 atom stereocenters. The molecule has 1 amide bonds. The minimum absolute atomic E-state index is 0.130. The molecule has 0 radical (unpaired) electrons. The number of rotatable bonds is 5. The molecule has 1 saturated heterocycles. The third kappa shape index (κ3) is 3.19. The van der Waals surface area contributed by atoms with Gasteiger partial charge in [0.05, 0.1) is 11.8 Å². The van der Waals surface area contributed by atoms with E-state index in [1.165, 1.54) is 0 Å². The Labute approximate surface area is 133 Å². The van der Waals surface area contributed by atoms with E-state index >= 15 is 0 Å².